The molecule has 1 aromatic carbocycles. The van der Waals surface area contributed by atoms with E-state index in [9.17, 15) is 9.18 Å². The molecule has 0 aromatic heterocycles. The van der Waals surface area contributed by atoms with Crippen LogP contribution in [-0.2, 0) is 10.5 Å². The van der Waals surface area contributed by atoms with Crippen LogP contribution in [0.3, 0.4) is 0 Å². The number of carbonyl (C=O) groups is 1. The normalized spacial score (nSPS) is 27.0. The second-order valence-corrected chi connectivity index (χ2v) is 7.43. The van der Waals surface area contributed by atoms with Crippen LogP contribution >= 0.6 is 23.4 Å². The lowest BCUT2D eigenvalue weighted by molar-refractivity contribution is -0.119. The van der Waals surface area contributed by atoms with Crippen molar-refractivity contribution in [2.75, 3.05) is 5.75 Å². The summed E-state index contributed by atoms with van der Waals surface area (Å²) in [5, 5.41) is 3.57. The summed E-state index contributed by atoms with van der Waals surface area (Å²) in [4.78, 5) is 12.0. The van der Waals surface area contributed by atoms with Crippen LogP contribution in [0.1, 0.15) is 31.2 Å². The van der Waals surface area contributed by atoms with Gasteiger partial charge in [-0.25, -0.2) is 4.39 Å². The van der Waals surface area contributed by atoms with E-state index in [1.807, 2.05) is 0 Å². The Morgan fingerprint density at radius 3 is 2.90 bits per heavy atom. The summed E-state index contributed by atoms with van der Waals surface area (Å²) in [5.41, 5.74) is 0.483. The van der Waals surface area contributed by atoms with Crippen molar-refractivity contribution < 1.29 is 9.18 Å². The van der Waals surface area contributed by atoms with Crippen LogP contribution in [0.15, 0.2) is 18.2 Å². The molecule has 1 N–H and O–H groups in total. The number of thioether (sulfide) groups is 1. The zero-order chi connectivity index (χ0) is 14.8. The maximum Gasteiger partial charge on any atom is 0.230 e. The van der Waals surface area contributed by atoms with Crippen LogP contribution in [-0.4, -0.2) is 17.7 Å². The molecule has 1 amide bonds. The van der Waals surface area contributed by atoms with E-state index < -0.39 is 0 Å². The molecule has 0 spiro atoms. The van der Waals surface area contributed by atoms with Crippen LogP contribution in [0.4, 0.5) is 4.39 Å². The second kappa shape index (κ2) is 6.57. The minimum absolute atomic E-state index is 0.0602. The summed E-state index contributed by atoms with van der Waals surface area (Å²) in [6.07, 6.45) is 5.01. The average molecular weight is 328 g/mol. The van der Waals surface area contributed by atoms with Gasteiger partial charge in [-0.3, -0.25) is 4.79 Å². The summed E-state index contributed by atoms with van der Waals surface area (Å²) in [6.45, 7) is 0. The molecule has 5 heteroatoms. The van der Waals surface area contributed by atoms with Crippen molar-refractivity contribution in [3.63, 3.8) is 0 Å². The minimum Gasteiger partial charge on any atom is -0.352 e. The first kappa shape index (κ1) is 15.2. The fourth-order valence-corrected chi connectivity index (χ4v) is 4.76. The molecule has 2 aliphatic carbocycles. The van der Waals surface area contributed by atoms with Gasteiger partial charge in [-0.1, -0.05) is 24.1 Å². The maximum atomic E-state index is 13.6. The third kappa shape index (κ3) is 3.54. The summed E-state index contributed by atoms with van der Waals surface area (Å²) in [6, 6.07) is 5.04. The lowest BCUT2D eigenvalue weighted by atomic mass is 9.95. The summed E-state index contributed by atoms with van der Waals surface area (Å²) >= 11 is 7.38. The maximum absolute atomic E-state index is 13.6. The Kier molecular flexibility index (Phi) is 4.75. The first-order chi connectivity index (χ1) is 10.1. The fourth-order valence-electron chi connectivity index (χ4n) is 3.59. The fraction of sp³-hybridized carbons (Fsp3) is 0.562. The molecule has 0 unspecified atom stereocenters. The van der Waals surface area contributed by atoms with E-state index in [-0.39, 0.29) is 11.7 Å². The Morgan fingerprint density at radius 2 is 2.24 bits per heavy atom. The minimum atomic E-state index is -0.302. The van der Waals surface area contributed by atoms with Gasteiger partial charge in [0.05, 0.1) is 5.75 Å². The van der Waals surface area contributed by atoms with Crippen LogP contribution < -0.4 is 5.32 Å². The summed E-state index contributed by atoms with van der Waals surface area (Å²) in [7, 11) is 0. The van der Waals surface area contributed by atoms with E-state index >= 15 is 0 Å². The highest BCUT2D eigenvalue weighted by Crippen LogP contribution is 2.44. The molecule has 0 aliphatic heterocycles. The van der Waals surface area contributed by atoms with Crippen molar-refractivity contribution in [3.8, 4) is 0 Å². The van der Waals surface area contributed by atoms with Crippen molar-refractivity contribution >= 4 is 29.3 Å². The molecule has 2 fully saturated rings. The van der Waals surface area contributed by atoms with Crippen molar-refractivity contribution in [2.45, 2.75) is 37.5 Å². The van der Waals surface area contributed by atoms with Crippen molar-refractivity contribution in [2.24, 2.45) is 11.8 Å². The molecule has 2 nitrogen and oxygen atoms in total. The molecule has 114 valence electrons. The van der Waals surface area contributed by atoms with Gasteiger partial charge in [0.25, 0.3) is 0 Å². The third-order valence-electron chi connectivity index (χ3n) is 4.63. The Labute approximate surface area is 133 Å². The number of amides is 1. The molecule has 3 rings (SSSR count). The molecule has 2 saturated carbocycles. The lowest BCUT2D eigenvalue weighted by Crippen LogP contribution is -2.39. The highest BCUT2D eigenvalue weighted by Gasteiger charge is 2.39. The predicted octanol–water partition coefficient (Wildman–Crippen LogP) is 4.02. The molecule has 21 heavy (non-hydrogen) atoms. The van der Waals surface area contributed by atoms with Crippen molar-refractivity contribution in [3.05, 3.63) is 34.6 Å². The zero-order valence-electron chi connectivity index (χ0n) is 11.8. The van der Waals surface area contributed by atoms with E-state index in [0.29, 0.717) is 34.1 Å². The Hall–Kier alpha value is -0.740. The monoisotopic (exact) mass is 327 g/mol. The lowest BCUT2D eigenvalue weighted by Gasteiger charge is -2.22. The van der Waals surface area contributed by atoms with Crippen molar-refractivity contribution in [1.82, 2.24) is 5.32 Å². The van der Waals surface area contributed by atoms with E-state index in [4.69, 9.17) is 11.6 Å². The Balaban J connectivity index is 1.44. The number of hydrogen-bond donors (Lipinski definition) is 1. The highest BCUT2D eigenvalue weighted by molar-refractivity contribution is 7.99. The Morgan fingerprint density at radius 1 is 1.38 bits per heavy atom. The SMILES string of the molecule is O=C(CSCc1c(F)cccc1Cl)N[C@@H]1C[C@@H]2CC[C@@H]1C2. The zero-order valence-corrected chi connectivity index (χ0v) is 13.4. The van der Waals surface area contributed by atoms with Crippen LogP contribution in [0.25, 0.3) is 0 Å². The van der Waals surface area contributed by atoms with Gasteiger partial charge in [0, 0.05) is 22.4 Å². The van der Waals surface area contributed by atoms with Crippen molar-refractivity contribution in [1.29, 1.82) is 0 Å². The predicted molar refractivity (Wildman–Crippen MR) is 85.0 cm³/mol. The first-order valence-corrected chi connectivity index (χ1v) is 8.96. The molecule has 1 aromatic rings. The van der Waals surface area contributed by atoms with Crippen LogP contribution in [0, 0.1) is 17.7 Å². The molecule has 0 radical (unpaired) electrons. The average Bonchev–Trinajstić information content (AvgIpc) is 3.04. The number of nitrogens with one attached hydrogen (secondary N) is 1. The summed E-state index contributed by atoms with van der Waals surface area (Å²) < 4.78 is 13.6. The molecule has 0 heterocycles. The summed E-state index contributed by atoms with van der Waals surface area (Å²) in [5.74, 6) is 2.05. The van der Waals surface area contributed by atoms with E-state index in [2.05, 4.69) is 5.32 Å². The van der Waals surface area contributed by atoms with Crippen LogP contribution in [0.2, 0.25) is 5.02 Å². The number of rotatable bonds is 5. The number of carbonyl (C=O) groups excluding carboxylic acids is 1. The largest absolute Gasteiger partial charge is 0.352 e. The topological polar surface area (TPSA) is 29.1 Å². The van der Waals surface area contributed by atoms with E-state index in [1.54, 1.807) is 12.1 Å². The molecular weight excluding hydrogens is 309 g/mol. The number of benzene rings is 1. The first-order valence-electron chi connectivity index (χ1n) is 7.43. The van der Waals surface area contributed by atoms with Gasteiger partial charge >= 0.3 is 0 Å². The van der Waals surface area contributed by atoms with E-state index in [0.717, 1.165) is 12.3 Å². The standard InChI is InChI=1S/C16H19ClFNOS/c17-13-2-1-3-14(18)12(13)8-21-9-16(20)19-15-7-10-4-5-11(15)6-10/h1-3,10-11,15H,4-9H2,(H,19,20)/t10-,11-,15-/m1/s1. The number of hydrogen-bond acceptors (Lipinski definition) is 2. The Bertz CT molecular complexity index is 519. The quantitative estimate of drug-likeness (QED) is 0.885. The van der Waals surface area contributed by atoms with E-state index in [1.165, 1.54) is 37.1 Å². The number of halogens is 2. The third-order valence-corrected chi connectivity index (χ3v) is 5.94. The van der Waals surface area contributed by atoms with Gasteiger partial charge in [-0.05, 0) is 43.2 Å². The molecule has 3 atom stereocenters. The highest BCUT2D eigenvalue weighted by atomic mass is 35.5. The van der Waals surface area contributed by atoms with Gasteiger partial charge in [0.2, 0.25) is 5.91 Å². The molecule has 0 saturated heterocycles. The number of fused-ring (bicyclic) bond motifs is 2. The van der Waals surface area contributed by atoms with Gasteiger partial charge in [-0.15, -0.1) is 11.8 Å². The smallest absolute Gasteiger partial charge is 0.230 e. The van der Waals surface area contributed by atoms with Gasteiger partial charge in [-0.2, -0.15) is 0 Å². The molecule has 2 bridgehead atoms. The van der Waals surface area contributed by atoms with Crippen LogP contribution in [0.5, 0.6) is 0 Å². The van der Waals surface area contributed by atoms with Gasteiger partial charge in [0.1, 0.15) is 5.82 Å². The van der Waals surface area contributed by atoms with Gasteiger partial charge < -0.3 is 5.32 Å². The molecular formula is C16H19ClFNOS. The second-order valence-electron chi connectivity index (χ2n) is 6.04. The van der Waals surface area contributed by atoms with Gasteiger partial charge in [0.15, 0.2) is 0 Å². The molecule has 2 aliphatic rings.